The third-order valence-corrected chi connectivity index (χ3v) is 4.56. The Hall–Kier alpha value is -2.71. The third kappa shape index (κ3) is 7.96. The quantitative estimate of drug-likeness (QED) is 0.368. The fraction of sp³-hybridized carbons (Fsp3) is 0.364. The summed E-state index contributed by atoms with van der Waals surface area (Å²) in [4.78, 5) is 23.8. The molecule has 0 saturated heterocycles. The van der Waals surface area contributed by atoms with Gasteiger partial charge in [0.25, 0.3) is 0 Å². The van der Waals surface area contributed by atoms with Gasteiger partial charge in [-0.25, -0.2) is 4.79 Å². The zero-order valence-corrected chi connectivity index (χ0v) is 17.7. The second-order valence-electron chi connectivity index (χ2n) is 6.60. The maximum Gasteiger partial charge on any atom is 0.412 e. The smallest absolute Gasteiger partial charge is 0.412 e. The summed E-state index contributed by atoms with van der Waals surface area (Å²) in [5.74, 6) is 0.109. The van der Waals surface area contributed by atoms with Gasteiger partial charge in [-0.2, -0.15) is 12.6 Å². The molecule has 8 heteroatoms. The minimum Gasteiger partial charge on any atom is -0.491 e. The monoisotopic (exact) mass is 433 g/mol. The summed E-state index contributed by atoms with van der Waals surface area (Å²) in [7, 11) is 0. The molecular weight excluding hydrogens is 406 g/mol. The molecule has 2 atom stereocenters. The Morgan fingerprint density at radius 1 is 1.07 bits per heavy atom. The number of anilines is 1. The Bertz CT molecular complexity index is 784. The van der Waals surface area contributed by atoms with Gasteiger partial charge in [0.15, 0.2) is 0 Å². The van der Waals surface area contributed by atoms with E-state index >= 15 is 0 Å². The SMILES string of the molecule is C[C@@H](CCOC(=O)CS)[C@H](OC(=O)Nc1ccccc1)c1ccc(OCCO)cc1. The molecule has 0 radical (unpaired) electrons. The van der Waals surface area contributed by atoms with Crippen LogP contribution < -0.4 is 10.1 Å². The van der Waals surface area contributed by atoms with Crippen molar-refractivity contribution >= 4 is 30.4 Å². The predicted octanol–water partition coefficient (Wildman–Crippen LogP) is 3.85. The fourth-order valence-corrected chi connectivity index (χ4v) is 2.86. The van der Waals surface area contributed by atoms with E-state index in [0.717, 1.165) is 5.56 Å². The highest BCUT2D eigenvalue weighted by Crippen LogP contribution is 2.30. The Kier molecular flexibility index (Phi) is 10.0. The normalized spacial score (nSPS) is 12.5. The van der Waals surface area contributed by atoms with Crippen molar-refractivity contribution in [3.63, 3.8) is 0 Å². The highest BCUT2D eigenvalue weighted by molar-refractivity contribution is 7.81. The lowest BCUT2D eigenvalue weighted by Gasteiger charge is -2.25. The molecule has 0 bridgehead atoms. The molecule has 0 saturated carbocycles. The van der Waals surface area contributed by atoms with Gasteiger partial charge in [0.2, 0.25) is 0 Å². The number of carbonyl (C=O) groups excluding carboxylic acids is 2. The molecule has 1 amide bonds. The summed E-state index contributed by atoms with van der Waals surface area (Å²) < 4.78 is 16.2. The number of hydrogen-bond acceptors (Lipinski definition) is 7. The summed E-state index contributed by atoms with van der Waals surface area (Å²) in [6, 6.07) is 16.1. The van der Waals surface area contributed by atoms with Crippen molar-refractivity contribution in [2.24, 2.45) is 5.92 Å². The van der Waals surface area contributed by atoms with Crippen LogP contribution >= 0.6 is 12.6 Å². The zero-order valence-electron chi connectivity index (χ0n) is 16.8. The van der Waals surface area contributed by atoms with E-state index in [0.29, 0.717) is 17.9 Å². The van der Waals surface area contributed by atoms with Crippen molar-refractivity contribution in [1.29, 1.82) is 0 Å². The Labute approximate surface area is 181 Å². The predicted molar refractivity (Wildman–Crippen MR) is 117 cm³/mol. The van der Waals surface area contributed by atoms with Gasteiger partial charge in [0, 0.05) is 11.6 Å². The van der Waals surface area contributed by atoms with Crippen LogP contribution in [0.2, 0.25) is 0 Å². The molecule has 7 nitrogen and oxygen atoms in total. The number of aliphatic hydroxyl groups excluding tert-OH is 1. The lowest BCUT2D eigenvalue weighted by atomic mass is 9.94. The Morgan fingerprint density at radius 2 is 1.77 bits per heavy atom. The van der Waals surface area contributed by atoms with Gasteiger partial charge >= 0.3 is 12.1 Å². The van der Waals surface area contributed by atoms with E-state index in [1.807, 2.05) is 37.3 Å². The number of para-hydroxylation sites is 1. The number of aliphatic hydroxyl groups is 1. The van der Waals surface area contributed by atoms with Crippen molar-refractivity contribution < 1.29 is 28.9 Å². The van der Waals surface area contributed by atoms with Crippen LogP contribution in [0, 0.1) is 5.92 Å². The molecule has 2 aromatic rings. The minimum atomic E-state index is -0.578. The van der Waals surface area contributed by atoms with Crippen LogP contribution in [0.25, 0.3) is 0 Å². The van der Waals surface area contributed by atoms with E-state index in [4.69, 9.17) is 19.3 Å². The first kappa shape index (κ1) is 23.6. The number of hydrogen-bond donors (Lipinski definition) is 3. The van der Waals surface area contributed by atoms with Crippen molar-refractivity contribution in [1.82, 2.24) is 0 Å². The molecule has 0 fully saturated rings. The third-order valence-electron chi connectivity index (χ3n) is 4.31. The Morgan fingerprint density at radius 3 is 2.40 bits per heavy atom. The minimum absolute atomic E-state index is 0.0170. The molecule has 0 unspecified atom stereocenters. The van der Waals surface area contributed by atoms with Crippen molar-refractivity contribution in [3.05, 3.63) is 60.2 Å². The zero-order chi connectivity index (χ0) is 21.8. The molecular formula is C22H27NO6S. The number of esters is 1. The molecule has 0 aliphatic heterocycles. The van der Waals surface area contributed by atoms with Crippen LogP contribution in [0.5, 0.6) is 5.75 Å². The summed E-state index contributed by atoms with van der Waals surface area (Å²) >= 11 is 3.88. The van der Waals surface area contributed by atoms with Gasteiger partial charge in [0.05, 0.1) is 19.0 Å². The second-order valence-corrected chi connectivity index (χ2v) is 6.92. The van der Waals surface area contributed by atoms with Crippen molar-refractivity contribution in [3.8, 4) is 5.75 Å². The number of ether oxygens (including phenoxy) is 3. The summed E-state index contributed by atoms with van der Waals surface area (Å²) in [6.07, 6.45) is -0.632. The first-order valence-electron chi connectivity index (χ1n) is 9.66. The van der Waals surface area contributed by atoms with Crippen LogP contribution in [0.1, 0.15) is 25.0 Å². The number of rotatable bonds is 11. The number of carbonyl (C=O) groups is 2. The van der Waals surface area contributed by atoms with E-state index in [9.17, 15) is 9.59 Å². The van der Waals surface area contributed by atoms with Crippen LogP contribution in [0.15, 0.2) is 54.6 Å². The summed E-state index contributed by atoms with van der Waals surface area (Å²) in [6.45, 7) is 2.25. The van der Waals surface area contributed by atoms with Crippen LogP contribution in [-0.4, -0.2) is 42.7 Å². The maximum atomic E-state index is 12.5. The van der Waals surface area contributed by atoms with Gasteiger partial charge in [-0.3, -0.25) is 10.1 Å². The maximum absolute atomic E-state index is 12.5. The number of benzene rings is 2. The van der Waals surface area contributed by atoms with Crippen LogP contribution in [-0.2, 0) is 14.3 Å². The molecule has 2 aromatic carbocycles. The number of thiol groups is 1. The molecule has 0 aromatic heterocycles. The van der Waals surface area contributed by atoms with Crippen molar-refractivity contribution in [2.45, 2.75) is 19.4 Å². The molecule has 162 valence electrons. The molecule has 0 aliphatic rings. The number of nitrogens with one attached hydrogen (secondary N) is 1. The molecule has 30 heavy (non-hydrogen) atoms. The van der Waals surface area contributed by atoms with E-state index < -0.39 is 18.2 Å². The first-order valence-corrected chi connectivity index (χ1v) is 10.3. The first-order chi connectivity index (χ1) is 14.5. The molecule has 0 aliphatic carbocycles. The highest BCUT2D eigenvalue weighted by atomic mass is 32.1. The van der Waals surface area contributed by atoms with Crippen LogP contribution in [0.3, 0.4) is 0 Å². The van der Waals surface area contributed by atoms with E-state index in [-0.39, 0.29) is 31.5 Å². The topological polar surface area (TPSA) is 94.1 Å². The summed E-state index contributed by atoms with van der Waals surface area (Å²) in [5, 5.41) is 11.6. The largest absolute Gasteiger partial charge is 0.491 e. The lowest BCUT2D eigenvalue weighted by molar-refractivity contribution is -0.141. The highest BCUT2D eigenvalue weighted by Gasteiger charge is 2.24. The van der Waals surface area contributed by atoms with Gasteiger partial charge < -0.3 is 19.3 Å². The standard InChI is InChI=1S/C22H27NO6S/c1-16(11-13-28-20(25)15-30)21(17-7-9-19(10-8-17)27-14-12-24)29-22(26)23-18-5-3-2-4-6-18/h2-10,16,21,24,30H,11-15H2,1H3,(H,23,26)/t16-,21-/m0/s1. The molecule has 2 N–H and O–H groups in total. The molecule has 2 rings (SSSR count). The van der Waals surface area contributed by atoms with Gasteiger partial charge in [-0.1, -0.05) is 37.3 Å². The van der Waals surface area contributed by atoms with E-state index in [2.05, 4.69) is 17.9 Å². The van der Waals surface area contributed by atoms with Gasteiger partial charge in [-0.15, -0.1) is 0 Å². The fourth-order valence-electron chi connectivity index (χ4n) is 2.77. The van der Waals surface area contributed by atoms with Gasteiger partial charge in [0.1, 0.15) is 18.5 Å². The van der Waals surface area contributed by atoms with Crippen LogP contribution in [0.4, 0.5) is 10.5 Å². The average molecular weight is 434 g/mol. The van der Waals surface area contributed by atoms with Gasteiger partial charge in [-0.05, 0) is 36.2 Å². The molecule has 0 heterocycles. The molecule has 0 spiro atoms. The average Bonchev–Trinajstić information content (AvgIpc) is 2.77. The number of amides is 1. The summed E-state index contributed by atoms with van der Waals surface area (Å²) in [5.41, 5.74) is 1.41. The van der Waals surface area contributed by atoms with Crippen molar-refractivity contribution in [2.75, 3.05) is 30.9 Å². The van der Waals surface area contributed by atoms with E-state index in [1.54, 1.807) is 24.3 Å². The van der Waals surface area contributed by atoms with E-state index in [1.165, 1.54) is 0 Å². The second kappa shape index (κ2) is 12.8. The Balaban J connectivity index is 2.08. The lowest BCUT2D eigenvalue weighted by Crippen LogP contribution is -2.23.